The van der Waals surface area contributed by atoms with Gasteiger partial charge in [0.05, 0.1) is 15.5 Å². The van der Waals surface area contributed by atoms with Crippen molar-refractivity contribution in [2.45, 2.75) is 38.1 Å². The van der Waals surface area contributed by atoms with E-state index in [1.807, 2.05) is 53.4 Å². The Kier molecular flexibility index (Phi) is 7.08. The van der Waals surface area contributed by atoms with E-state index in [0.717, 1.165) is 48.3 Å². The monoisotopic (exact) mass is 500 g/mol. The summed E-state index contributed by atoms with van der Waals surface area (Å²) < 4.78 is 5.69. The molecule has 0 spiro atoms. The fraction of sp³-hybridized carbons (Fsp3) is 0.222. The highest BCUT2D eigenvalue weighted by molar-refractivity contribution is 8.18. The van der Waals surface area contributed by atoms with Crippen molar-refractivity contribution in [2.75, 3.05) is 0 Å². The van der Waals surface area contributed by atoms with E-state index in [1.54, 1.807) is 12.1 Å². The van der Waals surface area contributed by atoms with Crippen molar-refractivity contribution in [1.82, 2.24) is 9.88 Å². The maximum absolute atomic E-state index is 13.5. The number of para-hydroxylation sites is 1. The first kappa shape index (κ1) is 23.7. The van der Waals surface area contributed by atoms with Crippen LogP contribution in [-0.2, 0) is 4.79 Å². The summed E-state index contributed by atoms with van der Waals surface area (Å²) in [6.07, 6.45) is 8.49. The minimum Gasteiger partial charge on any atom is -0.439 e. The maximum atomic E-state index is 13.5. The number of hydrogen-bond acceptors (Lipinski definition) is 7. The van der Waals surface area contributed by atoms with Crippen molar-refractivity contribution >= 4 is 40.3 Å². The molecule has 0 unspecified atom stereocenters. The van der Waals surface area contributed by atoms with Crippen LogP contribution in [0.25, 0.3) is 6.08 Å². The lowest BCUT2D eigenvalue weighted by atomic mass is 9.94. The molecule has 0 atom stereocenters. The van der Waals surface area contributed by atoms with Gasteiger partial charge >= 0.3 is 0 Å². The minimum absolute atomic E-state index is 0.00279. The Balaban J connectivity index is 1.35. The molecule has 1 aromatic heterocycles. The number of thioether (sulfide) groups is 1. The summed E-state index contributed by atoms with van der Waals surface area (Å²) in [7, 11) is 0. The minimum atomic E-state index is -0.507. The van der Waals surface area contributed by atoms with Crippen LogP contribution < -0.4 is 4.74 Å². The number of amides is 1. The van der Waals surface area contributed by atoms with Crippen molar-refractivity contribution in [3.63, 3.8) is 0 Å². The van der Waals surface area contributed by atoms with Gasteiger partial charge < -0.3 is 4.74 Å². The summed E-state index contributed by atoms with van der Waals surface area (Å²) in [5, 5.41) is 11.5. The lowest BCUT2D eigenvalue weighted by molar-refractivity contribution is -0.385. The second-order valence-corrected chi connectivity index (χ2v) is 9.60. The Bertz CT molecular complexity index is 1300. The summed E-state index contributed by atoms with van der Waals surface area (Å²) in [6, 6.07) is 20.0. The fourth-order valence-corrected chi connectivity index (χ4v) is 5.34. The van der Waals surface area contributed by atoms with Gasteiger partial charge in [0.1, 0.15) is 11.9 Å². The first-order valence-corrected chi connectivity index (χ1v) is 12.6. The van der Waals surface area contributed by atoms with E-state index in [2.05, 4.69) is 4.98 Å². The Labute approximate surface area is 212 Å². The molecule has 3 aromatic rings. The largest absolute Gasteiger partial charge is 0.439 e. The normalized spacial score (nSPS) is 18.7. The first-order chi connectivity index (χ1) is 17.6. The van der Waals surface area contributed by atoms with Crippen LogP contribution in [0.5, 0.6) is 11.6 Å². The maximum Gasteiger partial charge on any atom is 0.287 e. The average molecular weight is 501 g/mol. The number of ether oxygens (including phenoxy) is 1. The zero-order valence-electron chi connectivity index (χ0n) is 19.4. The molecule has 2 fully saturated rings. The van der Waals surface area contributed by atoms with Gasteiger partial charge in [-0.3, -0.25) is 19.8 Å². The Morgan fingerprint density at radius 2 is 1.78 bits per heavy atom. The van der Waals surface area contributed by atoms with Crippen LogP contribution in [0.4, 0.5) is 11.4 Å². The summed E-state index contributed by atoms with van der Waals surface area (Å²) >= 11 is 1.41. The van der Waals surface area contributed by atoms with Crippen LogP contribution >= 0.6 is 11.8 Å². The van der Waals surface area contributed by atoms with Crippen LogP contribution in [0.15, 0.2) is 82.8 Å². The number of nitrogens with zero attached hydrogens (tertiary/aromatic N) is 4. The van der Waals surface area contributed by atoms with E-state index in [0.29, 0.717) is 10.7 Å². The SMILES string of the molecule is O=C1/C(=C/c2ccc(Oc3ccc([N+](=O)[O-])cn3)cc2)SC(=Nc2ccccc2)N1C1CCCCC1. The number of nitro groups is 1. The van der Waals surface area contributed by atoms with Crippen LogP contribution in [-0.4, -0.2) is 31.9 Å². The quantitative estimate of drug-likeness (QED) is 0.212. The number of amidine groups is 1. The van der Waals surface area contributed by atoms with Gasteiger partial charge in [-0.05, 0) is 60.5 Å². The highest BCUT2D eigenvalue weighted by atomic mass is 32.2. The summed E-state index contributed by atoms with van der Waals surface area (Å²) in [5.74, 6) is 0.800. The molecule has 9 heteroatoms. The number of rotatable bonds is 6. The van der Waals surface area contributed by atoms with Crippen molar-refractivity contribution < 1.29 is 14.5 Å². The van der Waals surface area contributed by atoms with Crippen molar-refractivity contribution in [3.8, 4) is 11.6 Å². The standard InChI is InChI=1S/C27H24N4O4S/c32-26-24(17-19-11-14-23(15-12-19)35-25-16-13-22(18-28-25)31(33)34)36-27(29-20-7-3-1-4-8-20)30(26)21-9-5-2-6-10-21/h1,3-4,7-8,11-18,21H,2,5-6,9-10H2/b24-17-,29-27?. The van der Waals surface area contributed by atoms with E-state index in [9.17, 15) is 14.9 Å². The molecule has 1 saturated carbocycles. The van der Waals surface area contributed by atoms with Gasteiger partial charge in [0, 0.05) is 18.2 Å². The number of hydrogen-bond donors (Lipinski definition) is 0. The zero-order valence-corrected chi connectivity index (χ0v) is 20.3. The van der Waals surface area contributed by atoms with E-state index < -0.39 is 4.92 Å². The van der Waals surface area contributed by atoms with Gasteiger partial charge in [-0.2, -0.15) is 0 Å². The Morgan fingerprint density at radius 3 is 2.44 bits per heavy atom. The van der Waals surface area contributed by atoms with Crippen molar-refractivity contribution in [2.24, 2.45) is 4.99 Å². The highest BCUT2D eigenvalue weighted by Gasteiger charge is 2.38. The number of carbonyl (C=O) groups is 1. The fourth-order valence-electron chi connectivity index (χ4n) is 4.28. The molecular formula is C27H24N4O4S. The highest BCUT2D eigenvalue weighted by Crippen LogP contribution is 2.38. The number of carbonyl (C=O) groups excluding carboxylic acids is 1. The molecule has 2 aromatic carbocycles. The van der Waals surface area contributed by atoms with Crippen LogP contribution in [0.2, 0.25) is 0 Å². The molecule has 8 nitrogen and oxygen atoms in total. The molecular weight excluding hydrogens is 476 g/mol. The summed E-state index contributed by atoms with van der Waals surface area (Å²) in [4.78, 5) is 35.0. The lowest BCUT2D eigenvalue weighted by Gasteiger charge is -2.30. The smallest absolute Gasteiger partial charge is 0.287 e. The molecule has 1 aliphatic heterocycles. The molecule has 182 valence electrons. The molecule has 0 N–H and O–H groups in total. The average Bonchev–Trinajstić information content (AvgIpc) is 3.20. The van der Waals surface area contributed by atoms with Gasteiger partial charge in [0.2, 0.25) is 5.88 Å². The second kappa shape index (κ2) is 10.7. The Morgan fingerprint density at radius 1 is 1.03 bits per heavy atom. The molecule has 2 aliphatic rings. The third-order valence-electron chi connectivity index (χ3n) is 6.09. The lowest BCUT2D eigenvalue weighted by Crippen LogP contribution is -2.40. The number of pyridine rings is 1. The van der Waals surface area contributed by atoms with Gasteiger partial charge in [-0.25, -0.2) is 9.98 Å². The number of aromatic nitrogens is 1. The van der Waals surface area contributed by atoms with Gasteiger partial charge in [-0.1, -0.05) is 49.6 Å². The predicted molar refractivity (Wildman–Crippen MR) is 140 cm³/mol. The van der Waals surface area contributed by atoms with E-state index >= 15 is 0 Å². The third-order valence-corrected chi connectivity index (χ3v) is 7.07. The molecule has 0 radical (unpaired) electrons. The zero-order chi connectivity index (χ0) is 24.9. The predicted octanol–water partition coefficient (Wildman–Crippen LogP) is 6.72. The molecule has 2 heterocycles. The molecule has 1 aliphatic carbocycles. The van der Waals surface area contributed by atoms with E-state index in [4.69, 9.17) is 9.73 Å². The number of benzene rings is 2. The second-order valence-electron chi connectivity index (χ2n) is 8.59. The Hall–Kier alpha value is -3.98. The molecule has 0 bridgehead atoms. The number of aliphatic imine (C=N–C) groups is 1. The van der Waals surface area contributed by atoms with Crippen molar-refractivity contribution in [3.05, 3.63) is 93.5 Å². The van der Waals surface area contributed by atoms with Crippen LogP contribution in [0.1, 0.15) is 37.7 Å². The topological polar surface area (TPSA) is 97.9 Å². The van der Waals surface area contributed by atoms with Crippen LogP contribution in [0.3, 0.4) is 0 Å². The van der Waals surface area contributed by atoms with Gasteiger partial charge in [-0.15, -0.1) is 0 Å². The molecule has 5 rings (SSSR count). The third kappa shape index (κ3) is 5.46. The molecule has 1 amide bonds. The summed E-state index contributed by atoms with van der Waals surface area (Å²) in [6.45, 7) is 0. The van der Waals surface area contributed by atoms with E-state index in [1.165, 1.54) is 30.3 Å². The van der Waals surface area contributed by atoms with E-state index in [-0.39, 0.29) is 23.5 Å². The van der Waals surface area contributed by atoms with Gasteiger partial charge in [0.25, 0.3) is 11.6 Å². The summed E-state index contributed by atoms with van der Waals surface area (Å²) in [5.41, 5.74) is 1.59. The van der Waals surface area contributed by atoms with Crippen LogP contribution in [0, 0.1) is 10.1 Å². The first-order valence-electron chi connectivity index (χ1n) is 11.8. The molecule has 36 heavy (non-hydrogen) atoms. The molecule has 1 saturated heterocycles. The van der Waals surface area contributed by atoms with Crippen molar-refractivity contribution in [1.29, 1.82) is 0 Å². The van der Waals surface area contributed by atoms with Gasteiger partial charge in [0.15, 0.2) is 5.17 Å².